The Bertz CT molecular complexity index is 1280. The predicted octanol–water partition coefficient (Wildman–Crippen LogP) is 5.60. The number of hydrogen-bond acceptors (Lipinski definition) is 4. The van der Waals surface area contributed by atoms with E-state index in [1.807, 2.05) is 20.8 Å². The molecule has 1 fully saturated rings. The molecule has 0 aliphatic carbocycles. The molecule has 2 aliphatic heterocycles. The number of carboxylic acids is 2. The van der Waals surface area contributed by atoms with Gasteiger partial charge in [-0.3, -0.25) is 14.9 Å². The molecule has 38 heavy (non-hydrogen) atoms. The van der Waals surface area contributed by atoms with Crippen molar-refractivity contribution in [1.82, 2.24) is 5.32 Å². The first-order valence-corrected chi connectivity index (χ1v) is 12.0. The van der Waals surface area contributed by atoms with E-state index in [0.29, 0.717) is 22.7 Å². The fourth-order valence-corrected chi connectivity index (χ4v) is 5.49. The lowest BCUT2D eigenvalue weighted by Crippen LogP contribution is -2.49. The van der Waals surface area contributed by atoms with Gasteiger partial charge in [-0.25, -0.2) is 9.18 Å². The molecule has 0 bridgehead atoms. The van der Waals surface area contributed by atoms with Gasteiger partial charge in [-0.05, 0) is 41.2 Å². The molecule has 7 nitrogen and oxygen atoms in total. The Morgan fingerprint density at radius 1 is 1.08 bits per heavy atom. The number of rotatable bonds is 3. The number of carboxylic acid groups (broad SMARTS) is 2. The van der Waals surface area contributed by atoms with Crippen molar-refractivity contribution >= 4 is 46.7 Å². The fourth-order valence-electron chi connectivity index (χ4n) is 5.14. The van der Waals surface area contributed by atoms with Crippen molar-refractivity contribution in [1.29, 1.82) is 0 Å². The number of aliphatic carboxylic acids is 2. The standard InChI is InChI=1S/C23H23Cl2FN2O3.C2HF3O2/c1-22(2,3)10-16-23(13-8-7-11(24)9-15(13)27-21(23)31)17(19(28-16)20(29)30)12-5-4-6-14(25)18(12)26;3-2(4,5)1(6)7/h4-9,16-17,19,28H,10H2,1-3H3,(H,27,31)(H,29,30);(H,6,7)/t16?,17?,19-,23-;/m1./s1. The van der Waals surface area contributed by atoms with Crippen LogP contribution in [0.2, 0.25) is 10.0 Å². The molecular weight excluding hydrogens is 555 g/mol. The van der Waals surface area contributed by atoms with Crippen LogP contribution in [0.1, 0.15) is 44.2 Å². The second-order valence-corrected chi connectivity index (χ2v) is 11.1. The Morgan fingerprint density at radius 2 is 1.68 bits per heavy atom. The number of nitrogens with one attached hydrogen (secondary N) is 2. The van der Waals surface area contributed by atoms with Crippen LogP contribution in [0.4, 0.5) is 23.2 Å². The maximum absolute atomic E-state index is 15.3. The highest BCUT2D eigenvalue weighted by Gasteiger charge is 2.66. The summed E-state index contributed by atoms with van der Waals surface area (Å²) in [4.78, 5) is 34.9. The lowest BCUT2D eigenvalue weighted by molar-refractivity contribution is -0.192. The predicted molar refractivity (Wildman–Crippen MR) is 132 cm³/mol. The molecule has 1 saturated heterocycles. The van der Waals surface area contributed by atoms with E-state index in [4.69, 9.17) is 33.1 Å². The summed E-state index contributed by atoms with van der Waals surface area (Å²) in [5, 5.41) is 23.5. The summed E-state index contributed by atoms with van der Waals surface area (Å²) >= 11 is 12.2. The van der Waals surface area contributed by atoms with E-state index in [1.165, 1.54) is 12.1 Å². The molecule has 4 rings (SSSR count). The molecule has 0 radical (unpaired) electrons. The van der Waals surface area contributed by atoms with Gasteiger partial charge in [0.25, 0.3) is 0 Å². The van der Waals surface area contributed by atoms with Crippen molar-refractivity contribution in [2.24, 2.45) is 5.41 Å². The second kappa shape index (κ2) is 10.3. The van der Waals surface area contributed by atoms with Crippen LogP contribution >= 0.6 is 23.2 Å². The van der Waals surface area contributed by atoms with Gasteiger partial charge in [-0.1, -0.05) is 62.2 Å². The summed E-state index contributed by atoms with van der Waals surface area (Å²) < 4.78 is 47.0. The second-order valence-electron chi connectivity index (χ2n) is 10.2. The average Bonchev–Trinajstić information content (AvgIpc) is 3.24. The normalized spacial score (nSPS) is 24.4. The van der Waals surface area contributed by atoms with Gasteiger partial charge >= 0.3 is 18.1 Å². The molecule has 2 aromatic rings. The summed E-state index contributed by atoms with van der Waals surface area (Å²) in [7, 11) is 0. The van der Waals surface area contributed by atoms with Gasteiger partial charge in [0.05, 0.1) is 5.02 Å². The van der Waals surface area contributed by atoms with Crippen molar-refractivity contribution in [2.75, 3.05) is 5.32 Å². The first-order valence-electron chi connectivity index (χ1n) is 11.3. The van der Waals surface area contributed by atoms with Gasteiger partial charge in [0, 0.05) is 22.7 Å². The summed E-state index contributed by atoms with van der Waals surface area (Å²) in [6.07, 6.45) is -4.59. The molecular formula is C25H24Cl2F4N2O5. The number of carbonyl (C=O) groups excluding carboxylic acids is 1. The van der Waals surface area contributed by atoms with Gasteiger partial charge in [0.2, 0.25) is 5.91 Å². The van der Waals surface area contributed by atoms with Crippen LogP contribution in [0.15, 0.2) is 36.4 Å². The smallest absolute Gasteiger partial charge is 0.480 e. The molecule has 2 heterocycles. The van der Waals surface area contributed by atoms with Gasteiger partial charge < -0.3 is 15.5 Å². The number of hydrogen-bond donors (Lipinski definition) is 4. The van der Waals surface area contributed by atoms with Crippen molar-refractivity contribution in [2.45, 2.75) is 56.8 Å². The lowest BCUT2D eigenvalue weighted by atomic mass is 9.62. The van der Waals surface area contributed by atoms with Gasteiger partial charge in [0.1, 0.15) is 17.3 Å². The van der Waals surface area contributed by atoms with E-state index in [2.05, 4.69) is 10.6 Å². The van der Waals surface area contributed by atoms with Crippen LogP contribution in [0.5, 0.6) is 0 Å². The van der Waals surface area contributed by atoms with Crippen LogP contribution in [0, 0.1) is 11.2 Å². The first kappa shape index (κ1) is 29.7. The van der Waals surface area contributed by atoms with E-state index >= 15 is 4.39 Å². The highest BCUT2D eigenvalue weighted by molar-refractivity contribution is 6.31. The Kier molecular flexibility index (Phi) is 8.08. The third-order valence-corrected chi connectivity index (χ3v) is 6.97. The number of alkyl halides is 3. The number of carbonyl (C=O) groups is 3. The minimum atomic E-state index is -5.08. The average molecular weight is 579 g/mol. The SMILES string of the molecule is CC(C)(C)CC1N[C@@H](C(=O)O)C(c2cccc(Cl)c2F)[C@]12C(=O)Nc1cc(Cl)ccc12.O=C(O)C(F)(F)F. The number of amides is 1. The Labute approximate surface area is 225 Å². The number of fused-ring (bicyclic) bond motifs is 2. The van der Waals surface area contributed by atoms with E-state index < -0.39 is 47.3 Å². The number of halogens is 6. The monoisotopic (exact) mass is 578 g/mol. The zero-order valence-electron chi connectivity index (χ0n) is 20.3. The third kappa shape index (κ3) is 5.45. The summed E-state index contributed by atoms with van der Waals surface area (Å²) in [6, 6.07) is 7.76. The summed E-state index contributed by atoms with van der Waals surface area (Å²) in [5.41, 5.74) is -0.359. The molecule has 2 aromatic carbocycles. The van der Waals surface area contributed by atoms with E-state index in [1.54, 1.807) is 24.3 Å². The van der Waals surface area contributed by atoms with Crippen molar-refractivity contribution in [3.8, 4) is 0 Å². The minimum absolute atomic E-state index is 0.0989. The van der Waals surface area contributed by atoms with Crippen molar-refractivity contribution in [3.05, 3.63) is 63.4 Å². The van der Waals surface area contributed by atoms with Crippen LogP contribution in [-0.4, -0.2) is 46.3 Å². The van der Waals surface area contributed by atoms with Gasteiger partial charge in [-0.15, -0.1) is 0 Å². The maximum atomic E-state index is 15.3. The molecule has 2 unspecified atom stereocenters. The van der Waals surface area contributed by atoms with Gasteiger partial charge in [-0.2, -0.15) is 13.2 Å². The Morgan fingerprint density at radius 3 is 2.21 bits per heavy atom. The number of benzene rings is 2. The van der Waals surface area contributed by atoms with E-state index in [0.717, 1.165) is 0 Å². The van der Waals surface area contributed by atoms with Crippen LogP contribution in [0.3, 0.4) is 0 Å². The van der Waals surface area contributed by atoms with Gasteiger partial charge in [0.15, 0.2) is 0 Å². The topological polar surface area (TPSA) is 116 Å². The Hall–Kier alpha value is -2.89. The number of anilines is 1. The van der Waals surface area contributed by atoms with E-state index in [-0.39, 0.29) is 21.9 Å². The zero-order chi connectivity index (χ0) is 28.8. The molecule has 206 valence electrons. The third-order valence-electron chi connectivity index (χ3n) is 6.45. The fraction of sp³-hybridized carbons (Fsp3) is 0.400. The molecule has 13 heteroatoms. The molecule has 0 saturated carbocycles. The van der Waals surface area contributed by atoms with Crippen molar-refractivity contribution in [3.63, 3.8) is 0 Å². The quantitative estimate of drug-likeness (QED) is 0.352. The van der Waals surface area contributed by atoms with Crippen LogP contribution < -0.4 is 10.6 Å². The largest absolute Gasteiger partial charge is 0.490 e. The highest BCUT2D eigenvalue weighted by Crippen LogP contribution is 2.57. The maximum Gasteiger partial charge on any atom is 0.490 e. The molecule has 2 aliphatic rings. The van der Waals surface area contributed by atoms with Crippen molar-refractivity contribution < 1.29 is 42.2 Å². The molecule has 0 aromatic heterocycles. The highest BCUT2D eigenvalue weighted by atomic mass is 35.5. The lowest BCUT2D eigenvalue weighted by Gasteiger charge is -2.37. The summed E-state index contributed by atoms with van der Waals surface area (Å²) in [5.74, 6) is -6.02. The first-order chi connectivity index (χ1) is 17.4. The molecule has 4 N–H and O–H groups in total. The zero-order valence-corrected chi connectivity index (χ0v) is 21.8. The summed E-state index contributed by atoms with van der Waals surface area (Å²) in [6.45, 7) is 6.04. The van der Waals surface area contributed by atoms with Crippen LogP contribution in [-0.2, 0) is 19.8 Å². The molecule has 1 spiro atoms. The Balaban J connectivity index is 0.000000505. The van der Waals surface area contributed by atoms with Crippen LogP contribution in [0.25, 0.3) is 0 Å². The molecule has 1 amide bonds. The molecule has 4 atom stereocenters. The van der Waals surface area contributed by atoms with E-state index in [9.17, 15) is 27.9 Å². The minimum Gasteiger partial charge on any atom is -0.480 e.